The van der Waals surface area contributed by atoms with Gasteiger partial charge in [0.25, 0.3) is 0 Å². The van der Waals surface area contributed by atoms with Gasteiger partial charge in [-0.2, -0.15) is 0 Å². The van der Waals surface area contributed by atoms with E-state index in [4.69, 9.17) is 0 Å². The average Bonchev–Trinajstić information content (AvgIpc) is 3.30. The van der Waals surface area contributed by atoms with Crippen LogP contribution in [-0.2, 0) is 6.42 Å². The van der Waals surface area contributed by atoms with E-state index < -0.39 is 0 Å². The van der Waals surface area contributed by atoms with Gasteiger partial charge in [0.1, 0.15) is 6.33 Å². The summed E-state index contributed by atoms with van der Waals surface area (Å²) in [5.41, 5.74) is 4.61. The summed E-state index contributed by atoms with van der Waals surface area (Å²) in [5.74, 6) is 0. The molecule has 0 saturated heterocycles. The number of carbonyl (C=O) groups is 1. The molecule has 0 spiro atoms. The Bertz CT molecular complexity index is 987. The zero-order valence-corrected chi connectivity index (χ0v) is 13.6. The number of para-hydroxylation sites is 1. The lowest BCUT2D eigenvalue weighted by molar-refractivity contribution is 0.242. The average molecular weight is 330 g/mol. The Morgan fingerprint density at radius 1 is 1.08 bits per heavy atom. The number of amides is 1. The summed E-state index contributed by atoms with van der Waals surface area (Å²) < 4.78 is 1.43. The van der Waals surface area contributed by atoms with Gasteiger partial charge in [0.2, 0.25) is 0 Å². The molecular formula is C20H18N4O. The molecule has 0 atom stereocenters. The van der Waals surface area contributed by atoms with Crippen molar-refractivity contribution in [2.75, 3.05) is 6.54 Å². The van der Waals surface area contributed by atoms with Gasteiger partial charge in [-0.25, -0.2) is 9.78 Å². The number of hydrogen-bond donors (Lipinski definition) is 2. The minimum absolute atomic E-state index is 0.171. The monoisotopic (exact) mass is 330 g/mol. The molecule has 2 aromatic heterocycles. The number of nitrogens with one attached hydrogen (secondary N) is 2. The predicted molar refractivity (Wildman–Crippen MR) is 98.5 cm³/mol. The van der Waals surface area contributed by atoms with Gasteiger partial charge in [-0.15, -0.1) is 0 Å². The Morgan fingerprint density at radius 2 is 1.88 bits per heavy atom. The van der Waals surface area contributed by atoms with Crippen LogP contribution in [0.25, 0.3) is 22.0 Å². The molecular weight excluding hydrogens is 312 g/mol. The van der Waals surface area contributed by atoms with Crippen LogP contribution in [0.1, 0.15) is 5.69 Å². The van der Waals surface area contributed by atoms with Crippen molar-refractivity contribution in [1.29, 1.82) is 0 Å². The summed E-state index contributed by atoms with van der Waals surface area (Å²) in [6.45, 7) is 0.545. The Morgan fingerprint density at radius 3 is 2.68 bits per heavy atom. The molecule has 0 saturated carbocycles. The van der Waals surface area contributed by atoms with Crippen molar-refractivity contribution in [2.45, 2.75) is 6.42 Å². The van der Waals surface area contributed by atoms with E-state index in [-0.39, 0.29) is 6.03 Å². The largest absolute Gasteiger partial charge is 0.358 e. The number of H-pyrrole nitrogens is 1. The number of imidazole rings is 1. The quantitative estimate of drug-likeness (QED) is 0.597. The molecule has 0 bridgehead atoms. The highest BCUT2D eigenvalue weighted by atomic mass is 16.2. The molecule has 0 aliphatic carbocycles. The lowest BCUT2D eigenvalue weighted by atomic mass is 10.0. The molecule has 1 amide bonds. The minimum Gasteiger partial charge on any atom is -0.358 e. The zero-order chi connectivity index (χ0) is 17.1. The highest BCUT2D eigenvalue weighted by Gasteiger charge is 2.13. The van der Waals surface area contributed by atoms with Crippen molar-refractivity contribution in [2.24, 2.45) is 0 Å². The number of carbonyl (C=O) groups excluding carboxylic acids is 1. The topological polar surface area (TPSA) is 62.7 Å². The molecule has 0 radical (unpaired) electrons. The Balaban J connectivity index is 1.60. The third-order valence-corrected chi connectivity index (χ3v) is 4.24. The summed E-state index contributed by atoms with van der Waals surface area (Å²) in [6.07, 6.45) is 5.44. The fourth-order valence-corrected chi connectivity index (χ4v) is 3.08. The van der Waals surface area contributed by atoms with E-state index in [9.17, 15) is 4.79 Å². The molecule has 25 heavy (non-hydrogen) atoms. The number of rotatable bonds is 4. The zero-order valence-electron chi connectivity index (χ0n) is 13.6. The fourth-order valence-electron chi connectivity index (χ4n) is 3.08. The van der Waals surface area contributed by atoms with E-state index in [1.54, 1.807) is 12.4 Å². The van der Waals surface area contributed by atoms with E-state index in [0.29, 0.717) is 6.54 Å². The number of hydrogen-bond acceptors (Lipinski definition) is 2. The first kappa shape index (κ1) is 15.2. The van der Waals surface area contributed by atoms with Crippen LogP contribution in [0, 0.1) is 0 Å². The summed E-state index contributed by atoms with van der Waals surface area (Å²) in [4.78, 5) is 19.4. The summed E-state index contributed by atoms with van der Waals surface area (Å²) in [5, 5.41) is 4.12. The summed E-state index contributed by atoms with van der Waals surface area (Å²) >= 11 is 0. The maximum atomic E-state index is 12.0. The van der Waals surface area contributed by atoms with Gasteiger partial charge in [0.05, 0.1) is 0 Å². The van der Waals surface area contributed by atoms with E-state index in [0.717, 1.165) is 17.6 Å². The van der Waals surface area contributed by atoms with Crippen molar-refractivity contribution in [3.8, 4) is 11.1 Å². The second-order valence-electron chi connectivity index (χ2n) is 5.84. The van der Waals surface area contributed by atoms with Crippen LogP contribution in [-0.4, -0.2) is 27.1 Å². The van der Waals surface area contributed by atoms with Gasteiger partial charge in [0, 0.05) is 47.5 Å². The molecule has 4 rings (SSSR count). The second-order valence-corrected chi connectivity index (χ2v) is 5.84. The predicted octanol–water partition coefficient (Wildman–Crippen LogP) is 3.83. The van der Waals surface area contributed by atoms with Crippen LogP contribution in [0.3, 0.4) is 0 Å². The molecule has 5 heteroatoms. The smallest absolute Gasteiger partial charge is 0.326 e. The van der Waals surface area contributed by atoms with Crippen molar-refractivity contribution in [3.63, 3.8) is 0 Å². The van der Waals surface area contributed by atoms with Gasteiger partial charge < -0.3 is 10.3 Å². The fraction of sp³-hybridized carbons (Fsp3) is 0.100. The molecule has 4 aromatic rings. The number of aromatic amines is 1. The molecule has 0 aliphatic heterocycles. The number of nitrogens with zero attached hydrogens (tertiary/aromatic N) is 2. The highest BCUT2D eigenvalue weighted by molar-refractivity contribution is 5.97. The van der Waals surface area contributed by atoms with Crippen molar-refractivity contribution < 1.29 is 4.79 Å². The van der Waals surface area contributed by atoms with Crippen LogP contribution < -0.4 is 5.32 Å². The highest BCUT2D eigenvalue weighted by Crippen LogP contribution is 2.32. The number of benzene rings is 2. The molecule has 124 valence electrons. The Kier molecular flexibility index (Phi) is 4.04. The summed E-state index contributed by atoms with van der Waals surface area (Å²) in [6, 6.07) is 18.4. The second kappa shape index (κ2) is 6.65. The standard InChI is InChI=1S/C20H18N4O/c25-20(24-13-12-21-14-24)22-11-10-18-19(15-6-2-1-3-7-15)16-8-4-5-9-17(16)23-18/h1-9,12-14,23H,10-11H2,(H,22,25). The molecule has 2 aromatic carbocycles. The molecule has 0 aliphatic rings. The van der Waals surface area contributed by atoms with Crippen LogP contribution in [0.15, 0.2) is 73.3 Å². The van der Waals surface area contributed by atoms with Gasteiger partial charge in [-0.05, 0) is 11.6 Å². The van der Waals surface area contributed by atoms with Crippen LogP contribution in [0.5, 0.6) is 0 Å². The Labute approximate surface area is 145 Å². The van der Waals surface area contributed by atoms with Crippen molar-refractivity contribution in [3.05, 3.63) is 79.0 Å². The third kappa shape index (κ3) is 3.04. The normalized spacial score (nSPS) is 10.9. The van der Waals surface area contributed by atoms with Crippen molar-refractivity contribution >= 4 is 16.9 Å². The molecule has 0 unspecified atom stereocenters. The lowest BCUT2D eigenvalue weighted by Crippen LogP contribution is -2.29. The Hall–Kier alpha value is -3.34. The van der Waals surface area contributed by atoms with Crippen LogP contribution in [0.2, 0.25) is 0 Å². The molecule has 0 fully saturated rings. The molecule has 5 nitrogen and oxygen atoms in total. The van der Waals surface area contributed by atoms with Gasteiger partial charge in [0.15, 0.2) is 0 Å². The maximum Gasteiger partial charge on any atom is 0.326 e. The maximum absolute atomic E-state index is 12.0. The van der Waals surface area contributed by atoms with Gasteiger partial charge in [-0.3, -0.25) is 4.57 Å². The van der Waals surface area contributed by atoms with Crippen LogP contribution in [0.4, 0.5) is 4.79 Å². The van der Waals surface area contributed by atoms with Crippen molar-refractivity contribution in [1.82, 2.24) is 19.9 Å². The van der Waals surface area contributed by atoms with Gasteiger partial charge >= 0.3 is 6.03 Å². The van der Waals surface area contributed by atoms with E-state index in [2.05, 4.69) is 39.6 Å². The summed E-state index contributed by atoms with van der Waals surface area (Å²) in [7, 11) is 0. The van der Waals surface area contributed by atoms with E-state index in [1.807, 2.05) is 30.3 Å². The van der Waals surface area contributed by atoms with Gasteiger partial charge in [-0.1, -0.05) is 48.5 Å². The first-order valence-electron chi connectivity index (χ1n) is 8.24. The molecule has 2 N–H and O–H groups in total. The third-order valence-electron chi connectivity index (χ3n) is 4.24. The SMILES string of the molecule is O=C(NCCc1[nH]c2ccccc2c1-c1ccccc1)n1ccnc1. The number of fused-ring (bicyclic) bond motifs is 1. The van der Waals surface area contributed by atoms with E-state index >= 15 is 0 Å². The van der Waals surface area contributed by atoms with Crippen LogP contribution >= 0.6 is 0 Å². The first-order chi connectivity index (χ1) is 12.3. The lowest BCUT2D eigenvalue weighted by Gasteiger charge is -2.07. The van der Waals surface area contributed by atoms with E-state index in [1.165, 1.54) is 27.4 Å². The first-order valence-corrected chi connectivity index (χ1v) is 8.24. The minimum atomic E-state index is -0.171. The molecule has 2 heterocycles. The number of aromatic nitrogens is 3.